The van der Waals surface area contributed by atoms with Crippen molar-refractivity contribution in [1.29, 1.82) is 0 Å². The minimum atomic E-state index is -1.62. The number of aliphatic hydroxyl groups is 2. The van der Waals surface area contributed by atoms with Crippen LogP contribution in [0.4, 0.5) is 0 Å². The first-order valence-corrected chi connectivity index (χ1v) is 5.34. The summed E-state index contributed by atoms with van der Waals surface area (Å²) in [5.74, 6) is -2.84. The smallest absolute Gasteiger partial charge is 0.473 e. The van der Waals surface area contributed by atoms with Crippen molar-refractivity contribution in [3.8, 4) is 0 Å². The fraction of sp³-hybridized carbons (Fsp3) is 0.889. The van der Waals surface area contributed by atoms with Crippen LogP contribution in [0.3, 0.4) is 0 Å². The van der Waals surface area contributed by atoms with Gasteiger partial charge in [0.25, 0.3) is 0 Å². The Labute approximate surface area is 97.3 Å². The van der Waals surface area contributed by atoms with Crippen LogP contribution in [0.5, 0.6) is 0 Å². The Balaban J connectivity index is 2.24. The molecular weight excluding hydrogens is 232 g/mol. The first-order valence-electron chi connectivity index (χ1n) is 5.34. The lowest BCUT2D eigenvalue weighted by molar-refractivity contribution is -0.245. The molecule has 0 unspecified atom stereocenters. The van der Waals surface area contributed by atoms with E-state index in [4.69, 9.17) is 21.5 Å². The molecule has 0 spiro atoms. The molecule has 0 aromatic carbocycles. The number of nitrogens with two attached hydrogens (primary N) is 2. The molecule has 2 aliphatic heterocycles. The largest absolute Gasteiger partial charge is 0.479 e. The van der Waals surface area contributed by atoms with Crippen molar-refractivity contribution >= 4 is 5.97 Å². The highest BCUT2D eigenvalue weighted by atomic mass is 17.5. The number of aliphatic hydroxyl groups excluding tert-OH is 2. The molecule has 6 atom stereocenters. The van der Waals surface area contributed by atoms with E-state index < -0.39 is 42.2 Å². The standard InChI is InChI=1S/C9H16N2O6/c1-3(12)5(10)7-6(11)4(13)2-9(8(14)15)16-17(7)9/h3-7,12-13H,2,10-11H2,1H3/p+1/t3-,4-,5-,6-,7-,9-/m0/s1. The van der Waals surface area contributed by atoms with Crippen LogP contribution in [-0.2, 0) is 14.2 Å². The number of carboxylic acids is 1. The SMILES string of the molecule is C[C@H](O)[C@H](N)[C@H]1[C@@H](N)[C@@H](O)C[C@]2(C(=O)O)O[O+]12. The fourth-order valence-corrected chi connectivity index (χ4v) is 2.18. The van der Waals surface area contributed by atoms with Gasteiger partial charge >= 0.3 is 11.8 Å². The van der Waals surface area contributed by atoms with Gasteiger partial charge in [0.1, 0.15) is 18.5 Å². The van der Waals surface area contributed by atoms with E-state index in [-0.39, 0.29) is 6.42 Å². The zero-order valence-electron chi connectivity index (χ0n) is 9.31. The Morgan fingerprint density at radius 2 is 2.24 bits per heavy atom. The molecule has 0 amide bonds. The van der Waals surface area contributed by atoms with Crippen LogP contribution in [0.2, 0.25) is 0 Å². The van der Waals surface area contributed by atoms with E-state index in [0.29, 0.717) is 0 Å². The highest BCUT2D eigenvalue weighted by Crippen LogP contribution is 2.52. The maximum absolute atomic E-state index is 11.1. The zero-order chi connectivity index (χ0) is 13.0. The second-order valence-electron chi connectivity index (χ2n) is 4.57. The van der Waals surface area contributed by atoms with Gasteiger partial charge in [0, 0.05) is 4.89 Å². The van der Waals surface area contributed by atoms with Crippen LogP contribution in [0.1, 0.15) is 13.3 Å². The topological polar surface area (TPSA) is 145 Å². The van der Waals surface area contributed by atoms with E-state index >= 15 is 0 Å². The molecule has 7 N–H and O–H groups in total. The molecule has 98 valence electrons. The summed E-state index contributed by atoms with van der Waals surface area (Å²) >= 11 is 0. The van der Waals surface area contributed by atoms with Gasteiger partial charge in [0.2, 0.25) is 6.10 Å². The average Bonchev–Trinajstić information content (AvgIpc) is 2.93. The number of carboxylic acid groups (broad SMARTS) is 1. The van der Waals surface area contributed by atoms with Gasteiger partial charge in [0.05, 0.1) is 12.2 Å². The molecule has 0 aliphatic carbocycles. The monoisotopic (exact) mass is 249 g/mol. The van der Waals surface area contributed by atoms with Gasteiger partial charge in [-0.15, -0.1) is 0 Å². The lowest BCUT2D eigenvalue weighted by atomic mass is 9.90. The normalized spacial score (nSPS) is 44.9. The van der Waals surface area contributed by atoms with Gasteiger partial charge in [-0.05, 0) is 6.92 Å². The third-order valence-corrected chi connectivity index (χ3v) is 3.33. The maximum Gasteiger partial charge on any atom is 0.479 e. The van der Waals surface area contributed by atoms with Gasteiger partial charge in [-0.3, -0.25) is 0 Å². The summed E-state index contributed by atoms with van der Waals surface area (Å²) in [7, 11) is 0. The summed E-state index contributed by atoms with van der Waals surface area (Å²) in [6.07, 6.45) is -2.90. The van der Waals surface area contributed by atoms with Crippen molar-refractivity contribution in [2.75, 3.05) is 0 Å². The van der Waals surface area contributed by atoms with Gasteiger partial charge in [-0.2, -0.15) is 4.52 Å². The summed E-state index contributed by atoms with van der Waals surface area (Å²) in [6.45, 7) is 1.46. The van der Waals surface area contributed by atoms with Crippen LogP contribution in [0.15, 0.2) is 0 Å². The predicted molar refractivity (Wildman–Crippen MR) is 54.6 cm³/mol. The van der Waals surface area contributed by atoms with E-state index in [1.807, 2.05) is 0 Å². The van der Waals surface area contributed by atoms with E-state index in [0.717, 1.165) is 0 Å². The van der Waals surface area contributed by atoms with Crippen LogP contribution < -0.4 is 11.5 Å². The first-order chi connectivity index (χ1) is 7.81. The van der Waals surface area contributed by atoms with Crippen molar-refractivity contribution in [2.45, 2.75) is 49.5 Å². The molecule has 8 heteroatoms. The number of fused-ring (bicyclic) bond motifs is 1. The van der Waals surface area contributed by atoms with Crippen LogP contribution in [0.25, 0.3) is 0 Å². The second kappa shape index (κ2) is 3.87. The Bertz CT molecular complexity index is 333. The molecule has 2 fully saturated rings. The summed E-state index contributed by atoms with van der Waals surface area (Å²) in [6, 6.07) is -1.62. The highest BCUT2D eigenvalue weighted by molar-refractivity contribution is 5.77. The summed E-state index contributed by atoms with van der Waals surface area (Å²) in [5.41, 5.74) is 11.5. The molecule has 0 saturated carbocycles. The quantitative estimate of drug-likeness (QED) is 0.210. The van der Waals surface area contributed by atoms with Crippen LogP contribution in [-0.4, -0.2) is 57.5 Å². The fourth-order valence-electron chi connectivity index (χ4n) is 2.18. The maximum atomic E-state index is 11.1. The summed E-state index contributed by atoms with van der Waals surface area (Å²) < 4.78 is 2.07. The minimum absolute atomic E-state index is 0.142. The molecule has 0 aromatic rings. The summed E-state index contributed by atoms with van der Waals surface area (Å²) in [4.78, 5) is 16.0. The van der Waals surface area contributed by atoms with E-state index in [1.54, 1.807) is 0 Å². The van der Waals surface area contributed by atoms with Crippen molar-refractivity contribution in [3.63, 3.8) is 0 Å². The highest BCUT2D eigenvalue weighted by Gasteiger charge is 2.82. The molecule has 17 heavy (non-hydrogen) atoms. The number of hydrogen-bond acceptors (Lipinski definition) is 6. The van der Waals surface area contributed by atoms with Crippen molar-refractivity contribution in [1.82, 2.24) is 0 Å². The average molecular weight is 249 g/mol. The second-order valence-corrected chi connectivity index (χ2v) is 4.57. The summed E-state index contributed by atoms with van der Waals surface area (Å²) in [5, 5.41) is 28.2. The number of rotatable bonds is 3. The third-order valence-electron chi connectivity index (χ3n) is 3.33. The molecule has 8 nitrogen and oxygen atoms in total. The molecule has 2 rings (SSSR count). The van der Waals surface area contributed by atoms with E-state index in [9.17, 15) is 15.0 Å². The van der Waals surface area contributed by atoms with Gasteiger partial charge < -0.3 is 26.8 Å². The van der Waals surface area contributed by atoms with Gasteiger partial charge in [0.15, 0.2) is 0 Å². The third kappa shape index (κ3) is 1.73. The van der Waals surface area contributed by atoms with Gasteiger partial charge in [-0.25, -0.2) is 4.79 Å². The Kier molecular flexibility index (Phi) is 2.89. The van der Waals surface area contributed by atoms with Crippen molar-refractivity contribution in [3.05, 3.63) is 0 Å². The van der Waals surface area contributed by atoms with Crippen molar-refractivity contribution < 1.29 is 29.5 Å². The van der Waals surface area contributed by atoms with Gasteiger partial charge in [-0.1, -0.05) is 0 Å². The van der Waals surface area contributed by atoms with Crippen LogP contribution in [0, 0.1) is 0 Å². The lowest BCUT2D eigenvalue weighted by Gasteiger charge is -2.31. The Morgan fingerprint density at radius 1 is 1.65 bits per heavy atom. The minimum Gasteiger partial charge on any atom is -0.473 e. The van der Waals surface area contributed by atoms with E-state index in [2.05, 4.69) is 4.52 Å². The van der Waals surface area contributed by atoms with E-state index in [1.165, 1.54) is 6.92 Å². The molecule has 2 aliphatic rings. The Hall–Kier alpha value is -0.770. The predicted octanol–water partition coefficient (Wildman–Crippen LogP) is -2.57. The molecule has 0 radical (unpaired) electrons. The Morgan fingerprint density at radius 3 is 2.71 bits per heavy atom. The van der Waals surface area contributed by atoms with Crippen LogP contribution >= 0.6 is 0 Å². The molecule has 2 heterocycles. The molecule has 0 aromatic heterocycles. The molecule has 2 saturated heterocycles. The molecule has 0 bridgehead atoms. The lowest BCUT2D eigenvalue weighted by Crippen LogP contribution is -2.63. The zero-order valence-corrected chi connectivity index (χ0v) is 9.31. The first kappa shape index (κ1) is 12.7. The molecular formula is C9H17N2O6+. The number of hydrogen-bond donors (Lipinski definition) is 5. The van der Waals surface area contributed by atoms with Crippen molar-refractivity contribution in [2.24, 2.45) is 11.5 Å². The number of aliphatic carboxylic acids is 1. The number of carbonyl (C=O) groups is 1.